The topological polar surface area (TPSA) is 55.8 Å². The van der Waals surface area contributed by atoms with Crippen LogP contribution in [0, 0.1) is 0 Å². The van der Waals surface area contributed by atoms with E-state index in [4.69, 9.17) is 14.6 Å². The molecule has 0 atom stereocenters. The first-order valence-corrected chi connectivity index (χ1v) is 7.04. The summed E-state index contributed by atoms with van der Waals surface area (Å²) in [6, 6.07) is 7.76. The number of benzene rings is 1. The number of ether oxygens (including phenoxy) is 2. The van der Waals surface area contributed by atoms with Crippen LogP contribution in [0.4, 0.5) is 0 Å². The van der Waals surface area contributed by atoms with Gasteiger partial charge in [0.05, 0.1) is 19.6 Å². The van der Waals surface area contributed by atoms with Crippen molar-refractivity contribution in [2.75, 3.05) is 13.2 Å². The molecule has 0 aliphatic carbocycles. The number of hydrogen-bond acceptors (Lipinski definition) is 3. The molecular weight excluding hydrogens is 256 g/mol. The Labute approximate surface area is 119 Å². The lowest BCUT2D eigenvalue weighted by Crippen LogP contribution is -2.26. The molecule has 0 saturated carbocycles. The summed E-state index contributed by atoms with van der Waals surface area (Å²) in [5.41, 5.74) is 0.641. The molecule has 0 radical (unpaired) electrons. The van der Waals surface area contributed by atoms with Gasteiger partial charge < -0.3 is 14.6 Å². The Morgan fingerprint density at radius 2 is 1.90 bits per heavy atom. The maximum atomic E-state index is 10.9. The minimum absolute atomic E-state index is 0.118. The quantitative estimate of drug-likeness (QED) is 0.899. The molecule has 1 aromatic carbocycles. The second-order valence-electron chi connectivity index (χ2n) is 5.91. The van der Waals surface area contributed by atoms with Crippen molar-refractivity contribution in [1.29, 1.82) is 0 Å². The molecule has 1 aromatic rings. The minimum atomic E-state index is -0.780. The van der Waals surface area contributed by atoms with E-state index in [2.05, 4.69) is 0 Å². The number of carboxylic acid groups (broad SMARTS) is 1. The molecule has 1 aliphatic rings. The zero-order valence-corrected chi connectivity index (χ0v) is 12.1. The first kappa shape index (κ1) is 14.9. The lowest BCUT2D eigenvalue weighted by Gasteiger charge is -2.25. The second kappa shape index (κ2) is 6.27. The van der Waals surface area contributed by atoms with E-state index in [0.29, 0.717) is 0 Å². The number of rotatable bonds is 5. The van der Waals surface area contributed by atoms with E-state index in [1.54, 1.807) is 0 Å². The van der Waals surface area contributed by atoms with Crippen LogP contribution >= 0.6 is 0 Å². The summed E-state index contributed by atoms with van der Waals surface area (Å²) in [7, 11) is 0. The van der Waals surface area contributed by atoms with Gasteiger partial charge in [-0.1, -0.05) is 26.0 Å². The predicted octanol–water partition coefficient (Wildman–Crippen LogP) is 3.00. The predicted molar refractivity (Wildman–Crippen MR) is 76.2 cm³/mol. The SMILES string of the molecule is CC(C)(CC(=O)O)c1ccc(OC2CCOCC2)cc1. The molecule has 0 bridgehead atoms. The Morgan fingerprint density at radius 1 is 1.30 bits per heavy atom. The van der Waals surface area contributed by atoms with E-state index < -0.39 is 5.97 Å². The number of carbonyl (C=O) groups is 1. The standard InChI is InChI=1S/C16H22O4/c1-16(2,11-15(17)18)12-3-5-13(6-4-12)20-14-7-9-19-10-8-14/h3-6,14H,7-11H2,1-2H3,(H,17,18). The van der Waals surface area contributed by atoms with Crippen molar-refractivity contribution >= 4 is 5.97 Å². The largest absolute Gasteiger partial charge is 0.490 e. The van der Waals surface area contributed by atoms with Gasteiger partial charge in [-0.05, 0) is 17.7 Å². The third kappa shape index (κ3) is 3.97. The lowest BCUT2D eigenvalue weighted by atomic mass is 9.82. The van der Waals surface area contributed by atoms with Crippen LogP contribution in [0.3, 0.4) is 0 Å². The summed E-state index contributed by atoms with van der Waals surface area (Å²) in [6.45, 7) is 5.40. The maximum absolute atomic E-state index is 10.9. The first-order chi connectivity index (χ1) is 9.47. The molecule has 20 heavy (non-hydrogen) atoms. The fraction of sp³-hybridized carbons (Fsp3) is 0.562. The van der Waals surface area contributed by atoms with Crippen LogP contribution in [-0.4, -0.2) is 30.4 Å². The maximum Gasteiger partial charge on any atom is 0.304 e. The van der Waals surface area contributed by atoms with Gasteiger partial charge in [0.1, 0.15) is 11.9 Å². The highest BCUT2D eigenvalue weighted by Crippen LogP contribution is 2.29. The van der Waals surface area contributed by atoms with Gasteiger partial charge in [0.25, 0.3) is 0 Å². The lowest BCUT2D eigenvalue weighted by molar-refractivity contribution is -0.138. The summed E-state index contributed by atoms with van der Waals surface area (Å²) in [4.78, 5) is 10.9. The Kier molecular flexibility index (Phi) is 4.65. The van der Waals surface area contributed by atoms with Gasteiger partial charge in [0.15, 0.2) is 0 Å². The summed E-state index contributed by atoms with van der Waals surface area (Å²) in [5.74, 6) is 0.0595. The molecule has 2 rings (SSSR count). The fourth-order valence-corrected chi connectivity index (χ4v) is 2.45. The van der Waals surface area contributed by atoms with Crippen molar-refractivity contribution in [2.24, 2.45) is 0 Å². The van der Waals surface area contributed by atoms with Crippen LogP contribution in [0.25, 0.3) is 0 Å². The van der Waals surface area contributed by atoms with Crippen molar-refractivity contribution in [3.8, 4) is 5.75 Å². The Bertz CT molecular complexity index is 444. The Hall–Kier alpha value is -1.55. The van der Waals surface area contributed by atoms with E-state index in [-0.39, 0.29) is 17.9 Å². The van der Waals surface area contributed by atoms with Crippen molar-refractivity contribution in [3.05, 3.63) is 29.8 Å². The number of hydrogen-bond donors (Lipinski definition) is 1. The third-order valence-corrected chi connectivity index (χ3v) is 3.70. The van der Waals surface area contributed by atoms with E-state index in [1.165, 1.54) is 0 Å². The highest BCUT2D eigenvalue weighted by atomic mass is 16.5. The summed E-state index contributed by atoms with van der Waals surface area (Å²) in [6.07, 6.45) is 2.19. The average Bonchev–Trinajstić information content (AvgIpc) is 2.39. The van der Waals surface area contributed by atoms with Gasteiger partial charge in [-0.25, -0.2) is 0 Å². The van der Waals surface area contributed by atoms with Gasteiger partial charge in [0.2, 0.25) is 0 Å². The molecular formula is C16H22O4. The highest BCUT2D eigenvalue weighted by molar-refractivity contribution is 5.68. The van der Waals surface area contributed by atoms with E-state index >= 15 is 0 Å². The number of carboxylic acids is 1. The monoisotopic (exact) mass is 278 g/mol. The molecule has 4 heteroatoms. The molecule has 4 nitrogen and oxygen atoms in total. The van der Waals surface area contributed by atoms with Crippen LogP contribution in [0.1, 0.15) is 38.7 Å². The van der Waals surface area contributed by atoms with Crippen LogP contribution in [-0.2, 0) is 14.9 Å². The first-order valence-electron chi connectivity index (χ1n) is 7.04. The molecule has 1 heterocycles. The zero-order chi connectivity index (χ0) is 14.6. The molecule has 110 valence electrons. The molecule has 1 N–H and O–H groups in total. The van der Waals surface area contributed by atoms with E-state index in [1.807, 2.05) is 38.1 Å². The molecule has 0 amide bonds. The molecule has 1 saturated heterocycles. The van der Waals surface area contributed by atoms with Crippen molar-refractivity contribution < 1.29 is 19.4 Å². The molecule has 0 spiro atoms. The van der Waals surface area contributed by atoms with Gasteiger partial charge in [0, 0.05) is 18.3 Å². The minimum Gasteiger partial charge on any atom is -0.490 e. The van der Waals surface area contributed by atoms with Crippen LogP contribution in [0.5, 0.6) is 5.75 Å². The van der Waals surface area contributed by atoms with Crippen LogP contribution < -0.4 is 4.74 Å². The molecule has 0 aromatic heterocycles. The Morgan fingerprint density at radius 3 is 2.45 bits per heavy atom. The number of aliphatic carboxylic acids is 1. The van der Waals surface area contributed by atoms with E-state index in [9.17, 15) is 4.79 Å². The van der Waals surface area contributed by atoms with E-state index in [0.717, 1.165) is 37.4 Å². The van der Waals surface area contributed by atoms with Crippen LogP contribution in [0.15, 0.2) is 24.3 Å². The van der Waals surface area contributed by atoms with Gasteiger partial charge in [-0.3, -0.25) is 4.79 Å². The molecule has 0 unspecified atom stereocenters. The zero-order valence-electron chi connectivity index (χ0n) is 12.1. The summed E-state index contributed by atoms with van der Waals surface area (Å²) < 4.78 is 11.2. The summed E-state index contributed by atoms with van der Waals surface area (Å²) >= 11 is 0. The Balaban J connectivity index is 2.00. The van der Waals surface area contributed by atoms with Crippen molar-refractivity contribution in [3.63, 3.8) is 0 Å². The fourth-order valence-electron chi connectivity index (χ4n) is 2.45. The van der Waals surface area contributed by atoms with Gasteiger partial charge >= 0.3 is 5.97 Å². The normalized spacial score (nSPS) is 16.9. The molecule has 1 fully saturated rings. The second-order valence-corrected chi connectivity index (χ2v) is 5.91. The molecule has 1 aliphatic heterocycles. The highest BCUT2D eigenvalue weighted by Gasteiger charge is 2.24. The average molecular weight is 278 g/mol. The smallest absolute Gasteiger partial charge is 0.304 e. The van der Waals surface area contributed by atoms with Gasteiger partial charge in [-0.2, -0.15) is 0 Å². The third-order valence-electron chi connectivity index (χ3n) is 3.70. The summed E-state index contributed by atoms with van der Waals surface area (Å²) in [5, 5.41) is 8.94. The van der Waals surface area contributed by atoms with Crippen molar-refractivity contribution in [2.45, 2.75) is 44.6 Å². The van der Waals surface area contributed by atoms with Gasteiger partial charge in [-0.15, -0.1) is 0 Å². The van der Waals surface area contributed by atoms with Crippen LogP contribution in [0.2, 0.25) is 0 Å². The van der Waals surface area contributed by atoms with Crippen molar-refractivity contribution in [1.82, 2.24) is 0 Å².